The van der Waals surface area contributed by atoms with Crippen molar-refractivity contribution in [2.45, 2.75) is 37.8 Å². The highest BCUT2D eigenvalue weighted by atomic mass is 35.5. The summed E-state index contributed by atoms with van der Waals surface area (Å²) in [5, 5.41) is 1.95. The predicted octanol–water partition coefficient (Wildman–Crippen LogP) is 4.15. The van der Waals surface area contributed by atoms with Crippen LogP contribution in [0.4, 0.5) is 0 Å². The van der Waals surface area contributed by atoms with Gasteiger partial charge in [-0.2, -0.15) is 0 Å². The number of aryl methyl sites for hydroxylation is 1. The van der Waals surface area contributed by atoms with E-state index in [1.165, 1.54) is 24.6 Å². The zero-order valence-electron chi connectivity index (χ0n) is 12.5. The molecular weight excluding hydrogens is 338 g/mol. The van der Waals surface area contributed by atoms with E-state index in [4.69, 9.17) is 11.6 Å². The van der Waals surface area contributed by atoms with Crippen molar-refractivity contribution < 1.29 is 4.79 Å². The standard InChI is InChI=1S/C15H18ClN3OS2/c1-10-8-11-13(16)17-15(18-14(11)22-10)21-9-12(20)19-6-4-2-3-5-7-19/h8H,2-7,9H2,1H3. The molecule has 22 heavy (non-hydrogen) atoms. The number of carbonyl (C=O) groups is 1. The monoisotopic (exact) mass is 355 g/mol. The molecule has 3 rings (SSSR count). The van der Waals surface area contributed by atoms with Crippen LogP contribution >= 0.6 is 34.7 Å². The summed E-state index contributed by atoms with van der Waals surface area (Å²) in [5.41, 5.74) is 0. The van der Waals surface area contributed by atoms with Gasteiger partial charge in [0.05, 0.1) is 5.75 Å². The van der Waals surface area contributed by atoms with E-state index in [0.717, 1.165) is 41.0 Å². The molecule has 0 spiro atoms. The number of thioether (sulfide) groups is 1. The van der Waals surface area contributed by atoms with E-state index >= 15 is 0 Å². The van der Waals surface area contributed by atoms with Gasteiger partial charge in [-0.15, -0.1) is 11.3 Å². The highest BCUT2D eigenvalue weighted by Gasteiger charge is 2.17. The Morgan fingerprint density at radius 2 is 2.05 bits per heavy atom. The molecule has 2 aromatic heterocycles. The Labute approximate surface area is 143 Å². The molecule has 7 heteroatoms. The van der Waals surface area contributed by atoms with Gasteiger partial charge in [0.1, 0.15) is 9.98 Å². The van der Waals surface area contributed by atoms with Crippen molar-refractivity contribution in [3.63, 3.8) is 0 Å². The average Bonchev–Trinajstić information content (AvgIpc) is 2.71. The lowest BCUT2D eigenvalue weighted by Crippen LogP contribution is -2.33. The van der Waals surface area contributed by atoms with Gasteiger partial charge >= 0.3 is 0 Å². The fraction of sp³-hybridized carbons (Fsp3) is 0.533. The molecule has 3 heterocycles. The molecule has 118 valence electrons. The van der Waals surface area contributed by atoms with Crippen molar-refractivity contribution in [2.24, 2.45) is 0 Å². The molecule has 1 fully saturated rings. The van der Waals surface area contributed by atoms with Crippen molar-refractivity contribution >= 4 is 50.8 Å². The number of halogens is 1. The third-order valence-corrected chi connectivity index (χ3v) is 5.80. The van der Waals surface area contributed by atoms with Crippen LogP contribution in [0.2, 0.25) is 5.15 Å². The molecule has 1 amide bonds. The van der Waals surface area contributed by atoms with Crippen LogP contribution in [0.5, 0.6) is 0 Å². The minimum absolute atomic E-state index is 0.175. The van der Waals surface area contributed by atoms with E-state index in [9.17, 15) is 4.79 Å². The lowest BCUT2D eigenvalue weighted by Gasteiger charge is -2.19. The van der Waals surface area contributed by atoms with E-state index in [1.807, 2.05) is 17.9 Å². The summed E-state index contributed by atoms with van der Waals surface area (Å²) in [6, 6.07) is 2.00. The van der Waals surface area contributed by atoms with Crippen LogP contribution in [0.25, 0.3) is 10.2 Å². The molecule has 4 nitrogen and oxygen atoms in total. The normalized spacial score (nSPS) is 16.0. The Hall–Kier alpha value is -0.850. The number of carbonyl (C=O) groups excluding carboxylic acids is 1. The molecule has 1 aliphatic rings. The topological polar surface area (TPSA) is 46.1 Å². The molecule has 1 aliphatic heterocycles. The second-order valence-electron chi connectivity index (χ2n) is 5.46. The second-order valence-corrected chi connectivity index (χ2v) is 7.99. The minimum Gasteiger partial charge on any atom is -0.342 e. The van der Waals surface area contributed by atoms with Crippen LogP contribution in [0.15, 0.2) is 11.2 Å². The van der Waals surface area contributed by atoms with E-state index in [0.29, 0.717) is 16.1 Å². The first-order valence-electron chi connectivity index (χ1n) is 7.48. The first kappa shape index (κ1) is 16.0. The molecule has 1 saturated heterocycles. The predicted molar refractivity (Wildman–Crippen MR) is 92.9 cm³/mol. The lowest BCUT2D eigenvalue weighted by molar-refractivity contribution is -0.128. The maximum Gasteiger partial charge on any atom is 0.233 e. The zero-order valence-corrected chi connectivity index (χ0v) is 14.9. The van der Waals surface area contributed by atoms with Gasteiger partial charge in [0.15, 0.2) is 5.16 Å². The molecular formula is C15H18ClN3OS2. The van der Waals surface area contributed by atoms with Crippen LogP contribution in [0.3, 0.4) is 0 Å². The molecule has 0 radical (unpaired) electrons. The van der Waals surface area contributed by atoms with Gasteiger partial charge in [0.2, 0.25) is 5.91 Å². The number of amides is 1. The summed E-state index contributed by atoms with van der Waals surface area (Å²) >= 11 is 9.19. The fourth-order valence-corrected chi connectivity index (χ4v) is 4.61. The molecule has 0 aliphatic carbocycles. The number of thiophene rings is 1. The SMILES string of the molecule is Cc1cc2c(Cl)nc(SCC(=O)N3CCCCCC3)nc2s1. The van der Waals surface area contributed by atoms with E-state index in [-0.39, 0.29) is 5.91 Å². The molecule has 0 atom stereocenters. The van der Waals surface area contributed by atoms with Gasteiger partial charge < -0.3 is 4.90 Å². The third-order valence-electron chi connectivity index (χ3n) is 3.73. The van der Waals surface area contributed by atoms with Crippen molar-refractivity contribution in [3.8, 4) is 0 Å². The quantitative estimate of drug-likeness (QED) is 0.471. The average molecular weight is 356 g/mol. The maximum atomic E-state index is 12.3. The highest BCUT2D eigenvalue weighted by Crippen LogP contribution is 2.30. The number of hydrogen-bond donors (Lipinski definition) is 0. The van der Waals surface area contributed by atoms with Gasteiger partial charge in [-0.1, -0.05) is 36.2 Å². The third kappa shape index (κ3) is 3.73. The lowest BCUT2D eigenvalue weighted by atomic mass is 10.2. The largest absolute Gasteiger partial charge is 0.342 e. The van der Waals surface area contributed by atoms with Crippen molar-refractivity contribution in [2.75, 3.05) is 18.8 Å². The van der Waals surface area contributed by atoms with E-state index in [1.54, 1.807) is 11.3 Å². The summed E-state index contributed by atoms with van der Waals surface area (Å²) in [4.78, 5) is 25.1. The number of rotatable bonds is 3. The number of fused-ring (bicyclic) bond motifs is 1. The van der Waals surface area contributed by atoms with E-state index in [2.05, 4.69) is 9.97 Å². The molecule has 0 unspecified atom stereocenters. The summed E-state index contributed by atoms with van der Waals surface area (Å²) in [5.74, 6) is 0.556. The highest BCUT2D eigenvalue weighted by molar-refractivity contribution is 7.99. The van der Waals surface area contributed by atoms with E-state index < -0.39 is 0 Å². The molecule has 0 aromatic carbocycles. The Morgan fingerprint density at radius 1 is 1.32 bits per heavy atom. The first-order valence-corrected chi connectivity index (χ1v) is 9.66. The van der Waals surface area contributed by atoms with Crippen LogP contribution in [-0.4, -0.2) is 39.6 Å². The summed E-state index contributed by atoms with van der Waals surface area (Å²) in [6.07, 6.45) is 4.67. The van der Waals surface area contributed by atoms with Gasteiger partial charge in [-0.3, -0.25) is 4.79 Å². The molecule has 0 saturated carbocycles. The Morgan fingerprint density at radius 3 is 2.77 bits per heavy atom. The van der Waals surface area contributed by atoms with Crippen molar-refractivity contribution in [3.05, 3.63) is 16.1 Å². The molecule has 0 N–H and O–H groups in total. The van der Waals surface area contributed by atoms with Crippen molar-refractivity contribution in [1.29, 1.82) is 0 Å². The second kappa shape index (κ2) is 7.15. The minimum atomic E-state index is 0.175. The van der Waals surface area contributed by atoms with Crippen molar-refractivity contribution in [1.82, 2.24) is 14.9 Å². The Balaban J connectivity index is 1.66. The number of hydrogen-bond acceptors (Lipinski definition) is 5. The van der Waals surface area contributed by atoms with Crippen LogP contribution < -0.4 is 0 Å². The fourth-order valence-electron chi connectivity index (χ4n) is 2.59. The zero-order chi connectivity index (χ0) is 15.5. The van der Waals surface area contributed by atoms with Gasteiger partial charge in [0, 0.05) is 23.4 Å². The number of nitrogens with zero attached hydrogens (tertiary/aromatic N) is 3. The van der Waals surface area contributed by atoms with Crippen LogP contribution in [0.1, 0.15) is 30.6 Å². The molecule has 2 aromatic rings. The summed E-state index contributed by atoms with van der Waals surface area (Å²) in [6.45, 7) is 3.78. The van der Waals surface area contributed by atoms with Gasteiger partial charge in [0.25, 0.3) is 0 Å². The Kier molecular flexibility index (Phi) is 5.21. The first-order chi connectivity index (χ1) is 10.6. The smallest absolute Gasteiger partial charge is 0.233 e. The maximum absolute atomic E-state index is 12.3. The summed E-state index contributed by atoms with van der Waals surface area (Å²) < 4.78 is 0. The summed E-state index contributed by atoms with van der Waals surface area (Å²) in [7, 11) is 0. The Bertz CT molecular complexity index is 681. The number of aromatic nitrogens is 2. The van der Waals surface area contributed by atoms with Crippen LogP contribution in [-0.2, 0) is 4.79 Å². The van der Waals surface area contributed by atoms with Gasteiger partial charge in [-0.05, 0) is 25.8 Å². The molecule has 0 bridgehead atoms. The van der Waals surface area contributed by atoms with Crippen LogP contribution in [0, 0.1) is 6.92 Å². The number of likely N-dealkylation sites (tertiary alicyclic amines) is 1. The van der Waals surface area contributed by atoms with Gasteiger partial charge in [-0.25, -0.2) is 9.97 Å².